The Hall–Kier alpha value is -3.12. The third-order valence-electron chi connectivity index (χ3n) is 3.93. The molecule has 1 heterocycles. The largest absolute Gasteiger partial charge is 0.449 e. The minimum absolute atomic E-state index is 0.0205. The molecule has 0 saturated heterocycles. The lowest BCUT2D eigenvalue weighted by Gasteiger charge is -2.10. The van der Waals surface area contributed by atoms with Crippen LogP contribution in [-0.2, 0) is 9.53 Å². The van der Waals surface area contributed by atoms with Crippen LogP contribution in [0.2, 0.25) is 5.02 Å². The van der Waals surface area contributed by atoms with Crippen molar-refractivity contribution >= 4 is 46.0 Å². The minimum atomic E-state index is -0.722. The third-order valence-corrected chi connectivity index (χ3v) is 4.17. The number of rotatable bonds is 4. The maximum absolute atomic E-state index is 13.2. The molecule has 0 unspecified atom stereocenters. The number of nitrogens with zero attached hydrogens (tertiary/aromatic N) is 1. The highest BCUT2D eigenvalue weighted by molar-refractivity contribution is 6.32. The fraction of sp³-hybridized carbons (Fsp3) is 0.150. The van der Waals surface area contributed by atoms with Crippen LogP contribution in [0.15, 0.2) is 48.5 Å². The van der Waals surface area contributed by atoms with E-state index in [0.29, 0.717) is 21.5 Å². The van der Waals surface area contributed by atoms with Crippen molar-refractivity contribution in [3.05, 3.63) is 64.8 Å². The van der Waals surface area contributed by atoms with Gasteiger partial charge in [0, 0.05) is 22.9 Å². The first-order valence-corrected chi connectivity index (χ1v) is 8.70. The van der Waals surface area contributed by atoms with E-state index >= 15 is 0 Å². The van der Waals surface area contributed by atoms with Gasteiger partial charge in [-0.2, -0.15) is 0 Å². The van der Waals surface area contributed by atoms with Crippen molar-refractivity contribution in [2.45, 2.75) is 13.8 Å². The zero-order valence-corrected chi connectivity index (χ0v) is 15.5. The summed E-state index contributed by atoms with van der Waals surface area (Å²) in [5.74, 6) is -0.783. The maximum atomic E-state index is 13.2. The van der Waals surface area contributed by atoms with Gasteiger partial charge >= 0.3 is 6.09 Å². The van der Waals surface area contributed by atoms with E-state index in [9.17, 15) is 14.4 Å². The highest BCUT2D eigenvalue weighted by Gasteiger charge is 2.28. The maximum Gasteiger partial charge on any atom is 0.419 e. The average Bonchev–Trinajstić information content (AvgIpc) is 2.94. The number of hydrogen-bond acceptors (Lipinski definition) is 4. The molecule has 1 N–H and O–H groups in total. The lowest BCUT2D eigenvalue weighted by atomic mass is 10.1. The molecule has 138 valence electrons. The van der Waals surface area contributed by atoms with Gasteiger partial charge < -0.3 is 10.1 Å². The van der Waals surface area contributed by atoms with Crippen LogP contribution < -0.4 is 5.32 Å². The predicted octanol–water partition coefficient (Wildman–Crippen LogP) is 4.49. The summed E-state index contributed by atoms with van der Waals surface area (Å²) < 4.78 is 6.29. The van der Waals surface area contributed by atoms with Gasteiger partial charge in [0.15, 0.2) is 0 Å². The van der Waals surface area contributed by atoms with Crippen LogP contribution >= 0.6 is 11.6 Å². The number of amides is 1. The van der Waals surface area contributed by atoms with Gasteiger partial charge in [-0.1, -0.05) is 41.9 Å². The highest BCUT2D eigenvalue weighted by Crippen LogP contribution is 2.34. The van der Waals surface area contributed by atoms with Gasteiger partial charge in [0.05, 0.1) is 17.8 Å². The SMILES string of the molecule is CCOC(=O)n1c(C(=O)c2ccccc2)c(NC(C)=O)c2ccc(Cl)cc21. The minimum Gasteiger partial charge on any atom is -0.449 e. The van der Waals surface area contributed by atoms with Crippen LogP contribution in [-0.4, -0.2) is 29.0 Å². The standard InChI is InChI=1S/C20H17ClN2O4/c1-3-27-20(26)23-16-11-14(21)9-10-15(16)17(22-12(2)24)18(23)19(25)13-7-5-4-6-8-13/h4-11H,3H2,1-2H3,(H,22,24). The Labute approximate surface area is 160 Å². The molecular formula is C20H17ClN2O4. The first-order chi connectivity index (χ1) is 12.9. The summed E-state index contributed by atoms with van der Waals surface area (Å²) >= 11 is 6.10. The predicted molar refractivity (Wildman–Crippen MR) is 104 cm³/mol. The zero-order valence-electron chi connectivity index (χ0n) is 14.8. The number of carbonyl (C=O) groups excluding carboxylic acids is 3. The number of nitrogens with one attached hydrogen (secondary N) is 1. The molecule has 7 heteroatoms. The molecule has 2 aromatic carbocycles. The van der Waals surface area contributed by atoms with E-state index in [1.807, 2.05) is 0 Å². The average molecular weight is 385 g/mol. The van der Waals surface area contributed by atoms with Crippen molar-refractivity contribution in [1.82, 2.24) is 4.57 Å². The quantitative estimate of drug-likeness (QED) is 0.672. The Morgan fingerprint density at radius 3 is 2.44 bits per heavy atom. The molecule has 1 amide bonds. The molecule has 3 rings (SSSR count). The highest BCUT2D eigenvalue weighted by atomic mass is 35.5. The van der Waals surface area contributed by atoms with Crippen LogP contribution in [0, 0.1) is 0 Å². The Bertz CT molecular complexity index is 1040. The zero-order chi connectivity index (χ0) is 19.6. The Morgan fingerprint density at radius 1 is 1.11 bits per heavy atom. The van der Waals surface area contributed by atoms with E-state index in [4.69, 9.17) is 16.3 Å². The molecule has 27 heavy (non-hydrogen) atoms. The molecule has 0 radical (unpaired) electrons. The monoisotopic (exact) mass is 384 g/mol. The van der Waals surface area contributed by atoms with Crippen LogP contribution in [0.1, 0.15) is 29.9 Å². The van der Waals surface area contributed by atoms with Gasteiger partial charge in [-0.15, -0.1) is 0 Å². The number of carbonyl (C=O) groups is 3. The number of anilines is 1. The molecule has 0 atom stereocenters. The molecule has 0 spiro atoms. The molecule has 0 bridgehead atoms. The van der Waals surface area contributed by atoms with Gasteiger partial charge in [0.25, 0.3) is 0 Å². The van der Waals surface area contributed by atoms with Gasteiger partial charge in [-0.3, -0.25) is 9.59 Å². The van der Waals surface area contributed by atoms with Crippen LogP contribution in [0.5, 0.6) is 0 Å². The van der Waals surface area contributed by atoms with Crippen molar-refractivity contribution in [3.8, 4) is 0 Å². The second-order valence-electron chi connectivity index (χ2n) is 5.80. The van der Waals surface area contributed by atoms with E-state index in [1.165, 1.54) is 6.92 Å². The lowest BCUT2D eigenvalue weighted by Crippen LogP contribution is -2.21. The lowest BCUT2D eigenvalue weighted by molar-refractivity contribution is -0.114. The molecule has 3 aromatic rings. The first kappa shape index (κ1) is 18.7. The second-order valence-corrected chi connectivity index (χ2v) is 6.23. The van der Waals surface area contributed by atoms with Gasteiger partial charge in [-0.25, -0.2) is 9.36 Å². The summed E-state index contributed by atoms with van der Waals surface area (Å²) in [4.78, 5) is 37.6. The molecule has 0 aliphatic carbocycles. The summed E-state index contributed by atoms with van der Waals surface area (Å²) in [5.41, 5.74) is 1.02. The van der Waals surface area contributed by atoms with Crippen molar-refractivity contribution in [1.29, 1.82) is 0 Å². The fourth-order valence-electron chi connectivity index (χ4n) is 2.88. The van der Waals surface area contributed by atoms with Crippen LogP contribution in [0.25, 0.3) is 10.9 Å². The smallest absolute Gasteiger partial charge is 0.419 e. The molecule has 0 saturated carbocycles. The van der Waals surface area contributed by atoms with Crippen molar-refractivity contribution in [2.75, 3.05) is 11.9 Å². The molecule has 0 aliphatic rings. The summed E-state index contributed by atoms with van der Waals surface area (Å²) in [5, 5.41) is 3.58. The summed E-state index contributed by atoms with van der Waals surface area (Å²) in [6, 6.07) is 13.3. The van der Waals surface area contributed by atoms with E-state index in [-0.39, 0.29) is 23.9 Å². The van der Waals surface area contributed by atoms with Gasteiger partial charge in [-0.05, 0) is 25.1 Å². The summed E-state index contributed by atoms with van der Waals surface area (Å²) in [6.45, 7) is 3.14. The van der Waals surface area contributed by atoms with Gasteiger partial charge in [0.1, 0.15) is 5.69 Å². The van der Waals surface area contributed by atoms with E-state index in [2.05, 4.69) is 5.32 Å². The first-order valence-electron chi connectivity index (χ1n) is 8.32. The van der Waals surface area contributed by atoms with Gasteiger partial charge in [0.2, 0.25) is 11.7 Å². The molecule has 0 aliphatic heterocycles. The fourth-order valence-corrected chi connectivity index (χ4v) is 3.05. The summed E-state index contributed by atoms with van der Waals surface area (Å²) in [6.07, 6.45) is -0.722. The number of fused-ring (bicyclic) bond motifs is 1. The Morgan fingerprint density at radius 2 is 1.81 bits per heavy atom. The summed E-state index contributed by atoms with van der Waals surface area (Å²) in [7, 11) is 0. The Kier molecular flexibility index (Phi) is 5.28. The van der Waals surface area contributed by atoms with Crippen LogP contribution in [0.3, 0.4) is 0 Å². The topological polar surface area (TPSA) is 77.4 Å². The number of halogens is 1. The molecule has 6 nitrogen and oxygen atoms in total. The molecule has 1 aromatic heterocycles. The normalized spacial score (nSPS) is 10.6. The number of hydrogen-bond donors (Lipinski definition) is 1. The molecular weight excluding hydrogens is 368 g/mol. The van der Waals surface area contributed by atoms with E-state index in [1.54, 1.807) is 55.5 Å². The van der Waals surface area contributed by atoms with Crippen LogP contribution in [0.4, 0.5) is 10.5 Å². The van der Waals surface area contributed by atoms with E-state index in [0.717, 1.165) is 4.57 Å². The second kappa shape index (κ2) is 7.63. The number of ether oxygens (including phenoxy) is 1. The molecule has 0 fully saturated rings. The third kappa shape index (κ3) is 3.57. The number of ketones is 1. The van der Waals surface area contributed by atoms with Crippen molar-refractivity contribution < 1.29 is 19.1 Å². The van der Waals surface area contributed by atoms with E-state index < -0.39 is 11.9 Å². The van der Waals surface area contributed by atoms with Crippen molar-refractivity contribution in [2.24, 2.45) is 0 Å². The number of benzene rings is 2. The van der Waals surface area contributed by atoms with Crippen molar-refractivity contribution in [3.63, 3.8) is 0 Å². The number of aromatic nitrogens is 1. The Balaban J connectivity index is 2.36.